The molecule has 0 spiro atoms. The molecule has 2 aliphatic rings. The molecule has 0 bridgehead atoms. The van der Waals surface area contributed by atoms with Crippen LogP contribution in [0, 0.1) is 20.6 Å². The summed E-state index contributed by atoms with van der Waals surface area (Å²) >= 11 is 0. The third-order valence-corrected chi connectivity index (χ3v) is 16.5. The molecule has 0 amide bonds. The first-order valence-electron chi connectivity index (χ1n) is 22.8. The highest BCUT2D eigenvalue weighted by Gasteiger charge is 2.47. The molecule has 2 nitrogen and oxygen atoms in total. The summed E-state index contributed by atoms with van der Waals surface area (Å²) < 4.78 is 92.0. The van der Waals surface area contributed by atoms with Crippen LogP contribution in [0.4, 0.5) is 0 Å². The average molecular weight is 728 g/mol. The van der Waals surface area contributed by atoms with Gasteiger partial charge in [-0.3, -0.25) is 0 Å². The zero-order chi connectivity index (χ0) is 44.9. The SMILES string of the molecule is [2H]C([2H])([2H])c1ccc2c(c1)Oc1c(ccc(C([2H])([2H])[2H])c1-c1ccc([Si](c3ccccc3)(c3ccccc3)c3cccc4c3Oc3ccccc3C4(C)C)cc1C([2H])([2H])[2H])C2(C)C. The normalized spacial score (nSPS) is 18.0. The van der Waals surface area contributed by atoms with E-state index in [1.54, 1.807) is 36.4 Å². The summed E-state index contributed by atoms with van der Waals surface area (Å²) in [5, 5.41) is 3.70. The van der Waals surface area contributed by atoms with E-state index in [0.29, 0.717) is 5.56 Å². The Kier molecular flexibility index (Phi) is 5.86. The van der Waals surface area contributed by atoms with Crippen LogP contribution in [0.2, 0.25) is 0 Å². The van der Waals surface area contributed by atoms with Crippen molar-refractivity contribution in [2.75, 3.05) is 0 Å². The minimum Gasteiger partial charge on any atom is -0.457 e. The van der Waals surface area contributed by atoms with Crippen molar-refractivity contribution in [3.05, 3.63) is 191 Å². The van der Waals surface area contributed by atoms with E-state index in [9.17, 15) is 4.11 Å². The summed E-state index contributed by atoms with van der Waals surface area (Å²) in [7, 11) is -3.54. The van der Waals surface area contributed by atoms with Gasteiger partial charge in [0.25, 0.3) is 0 Å². The molecule has 266 valence electrons. The predicted molar refractivity (Wildman–Crippen MR) is 227 cm³/mol. The molecule has 0 N–H and O–H groups in total. The molecule has 0 unspecified atom stereocenters. The number of hydrogen-bond acceptors (Lipinski definition) is 2. The highest BCUT2D eigenvalue weighted by atomic mass is 28.3. The van der Waals surface area contributed by atoms with E-state index in [1.807, 2.05) is 74.5 Å². The Morgan fingerprint density at radius 3 is 1.78 bits per heavy atom. The summed E-state index contributed by atoms with van der Waals surface area (Å²) in [5.41, 5.74) is 2.51. The van der Waals surface area contributed by atoms with Crippen molar-refractivity contribution in [3.8, 4) is 34.1 Å². The molecule has 0 aliphatic carbocycles. The third kappa shape index (κ3) is 4.98. The maximum absolute atomic E-state index is 9.20. The molecule has 2 aliphatic heterocycles. The minimum atomic E-state index is -3.54. The summed E-state index contributed by atoms with van der Waals surface area (Å²) in [6.45, 7) is 0.486. The smallest absolute Gasteiger partial charge is 0.184 e. The standard InChI is InChI=1S/C51H46O2Si/c1-33-25-29-41-45(31-33)53-49-43(51(41,6)7)30-26-34(2)47(49)39-28-27-38(32-35(39)3)54(36-17-10-8-11-18-36,37-19-12-9-13-20-37)46-24-16-22-42-48(46)52-44-23-15-14-21-40(44)50(42,4)5/h8-32H,1-7H3/i1D3,2D3,3D3. The number of para-hydroxylation sites is 2. The fraction of sp³-hybridized carbons (Fsp3) is 0.176. The summed E-state index contributed by atoms with van der Waals surface area (Å²) in [6, 6.07) is 48.2. The van der Waals surface area contributed by atoms with Crippen LogP contribution in [-0.4, -0.2) is 8.07 Å². The molecule has 0 saturated heterocycles. The van der Waals surface area contributed by atoms with Crippen molar-refractivity contribution in [1.29, 1.82) is 0 Å². The Morgan fingerprint density at radius 2 is 1.07 bits per heavy atom. The van der Waals surface area contributed by atoms with Crippen LogP contribution < -0.4 is 30.2 Å². The second kappa shape index (κ2) is 12.5. The highest BCUT2D eigenvalue weighted by molar-refractivity contribution is 7.20. The fourth-order valence-electron chi connectivity index (χ4n) is 8.93. The highest BCUT2D eigenvalue weighted by Crippen LogP contribution is 2.53. The van der Waals surface area contributed by atoms with Crippen LogP contribution in [0.3, 0.4) is 0 Å². The molecule has 7 aromatic carbocycles. The molecular formula is C51H46O2Si. The molecule has 0 radical (unpaired) electrons. The molecule has 0 fully saturated rings. The number of benzene rings is 7. The number of ether oxygens (including phenoxy) is 2. The Hall–Kier alpha value is -5.64. The summed E-state index contributed by atoms with van der Waals surface area (Å²) in [4.78, 5) is 0. The zero-order valence-electron chi connectivity index (χ0n) is 39.8. The van der Waals surface area contributed by atoms with Gasteiger partial charge in [-0.05, 0) is 75.7 Å². The average Bonchev–Trinajstić information content (AvgIpc) is 3.23. The topological polar surface area (TPSA) is 18.5 Å². The van der Waals surface area contributed by atoms with Gasteiger partial charge in [0, 0.05) is 51.0 Å². The Labute approximate surface area is 333 Å². The lowest BCUT2D eigenvalue weighted by molar-refractivity contribution is 0.419. The Balaban J connectivity index is 1.37. The van der Waals surface area contributed by atoms with Crippen LogP contribution in [0.1, 0.15) is 79.0 Å². The van der Waals surface area contributed by atoms with Crippen molar-refractivity contribution >= 4 is 28.8 Å². The summed E-state index contributed by atoms with van der Waals surface area (Å²) in [5.74, 6) is 1.94. The quantitative estimate of drug-likeness (QED) is 0.130. The van der Waals surface area contributed by atoms with Gasteiger partial charge in [-0.15, -0.1) is 0 Å². The molecule has 9 rings (SSSR count). The molecule has 0 aromatic heterocycles. The van der Waals surface area contributed by atoms with Gasteiger partial charge in [-0.25, -0.2) is 0 Å². The molecule has 3 heteroatoms. The number of aryl methyl sites for hydroxylation is 3. The van der Waals surface area contributed by atoms with Gasteiger partial charge in [0.2, 0.25) is 0 Å². The number of fused-ring (bicyclic) bond motifs is 4. The third-order valence-electron chi connectivity index (χ3n) is 11.7. The van der Waals surface area contributed by atoms with Crippen LogP contribution >= 0.6 is 0 Å². The van der Waals surface area contributed by atoms with E-state index in [4.69, 9.17) is 17.7 Å². The monoisotopic (exact) mass is 727 g/mol. The molecule has 54 heavy (non-hydrogen) atoms. The summed E-state index contributed by atoms with van der Waals surface area (Å²) in [6.07, 6.45) is 0. The van der Waals surface area contributed by atoms with Gasteiger partial charge in [0.1, 0.15) is 23.0 Å². The van der Waals surface area contributed by atoms with Gasteiger partial charge in [-0.1, -0.05) is 167 Å². The number of hydrogen-bond donors (Lipinski definition) is 0. The minimum absolute atomic E-state index is 0.0394. The molecule has 0 saturated carbocycles. The maximum Gasteiger partial charge on any atom is 0.184 e. The lowest BCUT2D eigenvalue weighted by Crippen LogP contribution is -2.75. The van der Waals surface area contributed by atoms with Gasteiger partial charge in [0.15, 0.2) is 8.07 Å². The first-order chi connectivity index (χ1) is 29.7. The maximum atomic E-state index is 9.20. The lowest BCUT2D eigenvalue weighted by Gasteiger charge is -2.40. The Bertz CT molecular complexity index is 2880. The van der Waals surface area contributed by atoms with Crippen molar-refractivity contribution in [2.45, 2.75) is 59.1 Å². The van der Waals surface area contributed by atoms with E-state index in [1.165, 1.54) is 6.07 Å². The first kappa shape index (κ1) is 25.4. The van der Waals surface area contributed by atoms with E-state index < -0.39 is 39.5 Å². The second-order valence-corrected chi connectivity index (χ2v) is 19.2. The van der Waals surface area contributed by atoms with Gasteiger partial charge in [0.05, 0.1) is 0 Å². The van der Waals surface area contributed by atoms with Gasteiger partial charge in [-0.2, -0.15) is 0 Å². The van der Waals surface area contributed by atoms with E-state index in [2.05, 4.69) is 62.4 Å². The van der Waals surface area contributed by atoms with Crippen LogP contribution in [0.5, 0.6) is 23.0 Å². The first-order valence-corrected chi connectivity index (χ1v) is 20.3. The van der Waals surface area contributed by atoms with Crippen molar-refractivity contribution < 1.29 is 21.8 Å². The van der Waals surface area contributed by atoms with Crippen LogP contribution in [0.25, 0.3) is 11.1 Å². The molecule has 7 aromatic rings. The molecule has 2 heterocycles. The largest absolute Gasteiger partial charge is 0.457 e. The van der Waals surface area contributed by atoms with Crippen molar-refractivity contribution in [1.82, 2.24) is 0 Å². The molecule has 0 atom stereocenters. The van der Waals surface area contributed by atoms with E-state index in [0.717, 1.165) is 48.9 Å². The zero-order valence-corrected chi connectivity index (χ0v) is 31.8. The lowest BCUT2D eigenvalue weighted by atomic mass is 9.74. The van der Waals surface area contributed by atoms with Crippen LogP contribution in [0.15, 0.2) is 152 Å². The predicted octanol–water partition coefficient (Wildman–Crippen LogP) is 10.5. The van der Waals surface area contributed by atoms with E-state index in [-0.39, 0.29) is 39.3 Å². The Morgan fingerprint density at radius 1 is 0.463 bits per heavy atom. The number of rotatable bonds is 5. The van der Waals surface area contributed by atoms with Gasteiger partial charge >= 0.3 is 0 Å². The van der Waals surface area contributed by atoms with Crippen LogP contribution in [-0.2, 0) is 10.8 Å². The van der Waals surface area contributed by atoms with E-state index >= 15 is 0 Å². The fourth-order valence-corrected chi connectivity index (χ4v) is 13.8. The second-order valence-electron chi connectivity index (χ2n) is 15.5. The van der Waals surface area contributed by atoms with Crippen molar-refractivity contribution in [3.63, 3.8) is 0 Å². The molecular weight excluding hydrogens is 673 g/mol. The van der Waals surface area contributed by atoms with Crippen molar-refractivity contribution in [2.24, 2.45) is 0 Å². The van der Waals surface area contributed by atoms with Gasteiger partial charge < -0.3 is 9.47 Å².